The molecule has 116 valence electrons. The van der Waals surface area contributed by atoms with Crippen molar-refractivity contribution >= 4 is 15.7 Å². The van der Waals surface area contributed by atoms with Crippen molar-refractivity contribution < 1.29 is 13.2 Å². The molecule has 1 saturated carbocycles. The van der Waals surface area contributed by atoms with Gasteiger partial charge in [-0.05, 0) is 37.6 Å². The summed E-state index contributed by atoms with van der Waals surface area (Å²) in [5, 5.41) is 3.29. The van der Waals surface area contributed by atoms with Crippen LogP contribution in [0, 0.1) is 5.41 Å². The molecule has 1 N–H and O–H groups in total. The summed E-state index contributed by atoms with van der Waals surface area (Å²) in [6, 6.07) is 0.288. The van der Waals surface area contributed by atoms with Crippen LogP contribution >= 0.6 is 0 Å². The maximum absolute atomic E-state index is 12.6. The molecule has 1 saturated heterocycles. The number of amides is 1. The Morgan fingerprint density at radius 2 is 2.10 bits per heavy atom. The first-order valence-corrected chi connectivity index (χ1v) is 9.59. The number of carbonyl (C=O) groups excluding carboxylic acids is 1. The highest BCUT2D eigenvalue weighted by Crippen LogP contribution is 2.50. The molecular weight excluding hydrogens is 276 g/mol. The third-order valence-electron chi connectivity index (χ3n) is 4.31. The molecule has 1 aliphatic carbocycles. The van der Waals surface area contributed by atoms with Gasteiger partial charge in [-0.25, -0.2) is 8.42 Å². The van der Waals surface area contributed by atoms with Crippen molar-refractivity contribution in [1.29, 1.82) is 0 Å². The van der Waals surface area contributed by atoms with Crippen LogP contribution in [0.15, 0.2) is 0 Å². The summed E-state index contributed by atoms with van der Waals surface area (Å²) in [4.78, 5) is 14.5. The lowest BCUT2D eigenvalue weighted by atomic mass is 10.0. The SMILES string of the molecule is CCCN(C(=O)CC1(CS(C)(=O)=O)CC1)C1CCNC1. The molecule has 0 spiro atoms. The molecule has 1 atom stereocenters. The Hall–Kier alpha value is -0.620. The minimum absolute atomic E-state index is 0.140. The quantitative estimate of drug-likeness (QED) is 0.755. The maximum atomic E-state index is 12.6. The van der Waals surface area contributed by atoms with E-state index in [1.807, 2.05) is 4.90 Å². The van der Waals surface area contributed by atoms with Crippen molar-refractivity contribution in [3.8, 4) is 0 Å². The van der Waals surface area contributed by atoms with Crippen LogP contribution in [0.25, 0.3) is 0 Å². The highest BCUT2D eigenvalue weighted by molar-refractivity contribution is 7.90. The van der Waals surface area contributed by atoms with Crippen molar-refractivity contribution in [2.75, 3.05) is 31.6 Å². The lowest BCUT2D eigenvalue weighted by Crippen LogP contribution is -2.43. The second kappa shape index (κ2) is 6.02. The number of sulfone groups is 1. The van der Waals surface area contributed by atoms with Gasteiger partial charge in [0.05, 0.1) is 5.75 Å². The largest absolute Gasteiger partial charge is 0.338 e. The second-order valence-corrected chi connectivity index (χ2v) is 8.62. The number of hydrogen-bond donors (Lipinski definition) is 1. The smallest absolute Gasteiger partial charge is 0.223 e. The first-order valence-electron chi connectivity index (χ1n) is 7.53. The zero-order chi connectivity index (χ0) is 14.8. The normalized spacial score (nSPS) is 24.6. The van der Waals surface area contributed by atoms with Gasteiger partial charge in [-0.2, -0.15) is 0 Å². The van der Waals surface area contributed by atoms with Gasteiger partial charge >= 0.3 is 0 Å². The predicted octanol–water partition coefficient (Wildman–Crippen LogP) is 0.802. The van der Waals surface area contributed by atoms with Crippen molar-refractivity contribution in [3.05, 3.63) is 0 Å². The molecule has 5 nitrogen and oxygen atoms in total. The summed E-state index contributed by atoms with van der Waals surface area (Å²) < 4.78 is 23.0. The fourth-order valence-electron chi connectivity index (χ4n) is 3.18. The number of carbonyl (C=O) groups is 1. The molecule has 2 rings (SSSR count). The van der Waals surface area contributed by atoms with Gasteiger partial charge < -0.3 is 10.2 Å². The average molecular weight is 302 g/mol. The first-order chi connectivity index (χ1) is 9.35. The molecule has 1 amide bonds. The summed E-state index contributed by atoms with van der Waals surface area (Å²) in [5.74, 6) is 0.302. The Morgan fingerprint density at radius 1 is 1.40 bits per heavy atom. The van der Waals surface area contributed by atoms with Gasteiger partial charge in [-0.1, -0.05) is 6.92 Å². The minimum Gasteiger partial charge on any atom is -0.338 e. The second-order valence-electron chi connectivity index (χ2n) is 6.48. The van der Waals surface area contributed by atoms with Crippen molar-refractivity contribution in [3.63, 3.8) is 0 Å². The highest BCUT2D eigenvalue weighted by Gasteiger charge is 2.47. The van der Waals surface area contributed by atoms with Gasteiger partial charge in [0.15, 0.2) is 0 Å². The molecule has 20 heavy (non-hydrogen) atoms. The summed E-state index contributed by atoms with van der Waals surface area (Å²) >= 11 is 0. The van der Waals surface area contributed by atoms with Gasteiger partial charge in [-0.3, -0.25) is 4.79 Å². The van der Waals surface area contributed by atoms with E-state index in [2.05, 4.69) is 12.2 Å². The predicted molar refractivity (Wildman–Crippen MR) is 79.3 cm³/mol. The average Bonchev–Trinajstić information content (AvgIpc) is 2.88. The van der Waals surface area contributed by atoms with E-state index in [1.165, 1.54) is 6.26 Å². The van der Waals surface area contributed by atoms with Crippen LogP contribution in [0.5, 0.6) is 0 Å². The Bertz CT molecular complexity index is 451. The van der Waals surface area contributed by atoms with Crippen molar-refractivity contribution in [2.24, 2.45) is 5.41 Å². The van der Waals surface area contributed by atoms with Gasteiger partial charge in [-0.15, -0.1) is 0 Å². The minimum atomic E-state index is -3.01. The van der Waals surface area contributed by atoms with E-state index in [0.717, 1.165) is 45.3 Å². The maximum Gasteiger partial charge on any atom is 0.223 e. The summed E-state index contributed by atoms with van der Waals surface area (Å²) in [6.07, 6.45) is 5.36. The number of nitrogens with zero attached hydrogens (tertiary/aromatic N) is 1. The monoisotopic (exact) mass is 302 g/mol. The summed E-state index contributed by atoms with van der Waals surface area (Å²) in [5.41, 5.74) is -0.261. The van der Waals surface area contributed by atoms with Gasteiger partial charge in [0, 0.05) is 31.8 Å². The third kappa shape index (κ3) is 4.19. The van der Waals surface area contributed by atoms with Gasteiger partial charge in [0.2, 0.25) is 5.91 Å². The number of rotatable bonds is 7. The zero-order valence-corrected chi connectivity index (χ0v) is 13.3. The zero-order valence-electron chi connectivity index (χ0n) is 12.5. The van der Waals surface area contributed by atoms with E-state index in [4.69, 9.17) is 0 Å². The highest BCUT2D eigenvalue weighted by atomic mass is 32.2. The van der Waals surface area contributed by atoms with Crippen LogP contribution < -0.4 is 5.32 Å². The Balaban J connectivity index is 1.98. The van der Waals surface area contributed by atoms with Crippen molar-refractivity contribution in [1.82, 2.24) is 10.2 Å². The fourth-order valence-corrected chi connectivity index (χ4v) is 4.69. The van der Waals surface area contributed by atoms with Crippen LogP contribution in [0.3, 0.4) is 0 Å². The molecule has 0 radical (unpaired) electrons. The lowest BCUT2D eigenvalue weighted by Gasteiger charge is -2.30. The summed E-state index contributed by atoms with van der Waals surface area (Å²) in [7, 11) is -3.01. The molecule has 1 heterocycles. The summed E-state index contributed by atoms with van der Waals surface area (Å²) in [6.45, 7) is 4.68. The first kappa shape index (κ1) is 15.8. The van der Waals surface area contributed by atoms with E-state index in [0.29, 0.717) is 6.42 Å². The standard InChI is InChI=1S/C14H26N2O3S/c1-3-8-16(12-4-7-15-10-12)13(17)9-14(5-6-14)11-20(2,18)19/h12,15H,3-11H2,1-2H3. The van der Waals surface area contributed by atoms with Crippen molar-refractivity contribution in [2.45, 2.75) is 45.1 Å². The molecule has 2 aliphatic rings. The molecule has 0 aromatic rings. The molecule has 1 unspecified atom stereocenters. The number of hydrogen-bond acceptors (Lipinski definition) is 4. The van der Waals surface area contributed by atoms with Crippen LogP contribution in [0.2, 0.25) is 0 Å². The van der Waals surface area contributed by atoms with Gasteiger partial charge in [0.1, 0.15) is 9.84 Å². The lowest BCUT2D eigenvalue weighted by molar-refractivity contribution is -0.134. The third-order valence-corrected chi connectivity index (χ3v) is 5.45. The topological polar surface area (TPSA) is 66.5 Å². The molecule has 6 heteroatoms. The van der Waals surface area contributed by atoms with E-state index in [1.54, 1.807) is 0 Å². The number of nitrogens with one attached hydrogen (secondary N) is 1. The molecule has 2 fully saturated rings. The van der Waals surface area contributed by atoms with E-state index in [9.17, 15) is 13.2 Å². The Morgan fingerprint density at radius 3 is 2.55 bits per heavy atom. The van der Waals surface area contributed by atoms with Crippen LogP contribution in [-0.4, -0.2) is 56.9 Å². The van der Waals surface area contributed by atoms with E-state index in [-0.39, 0.29) is 23.1 Å². The molecule has 0 aromatic carbocycles. The van der Waals surface area contributed by atoms with Crippen LogP contribution in [0.1, 0.15) is 39.0 Å². The Kier molecular flexibility index (Phi) is 4.74. The van der Waals surface area contributed by atoms with E-state index >= 15 is 0 Å². The fraction of sp³-hybridized carbons (Fsp3) is 0.929. The molecule has 0 bridgehead atoms. The molecular formula is C14H26N2O3S. The van der Waals surface area contributed by atoms with Gasteiger partial charge in [0.25, 0.3) is 0 Å². The molecule has 0 aromatic heterocycles. The van der Waals surface area contributed by atoms with Crippen LogP contribution in [-0.2, 0) is 14.6 Å². The van der Waals surface area contributed by atoms with E-state index < -0.39 is 9.84 Å². The van der Waals surface area contributed by atoms with Crippen LogP contribution in [0.4, 0.5) is 0 Å². The Labute approximate surface area is 122 Å². The molecule has 1 aliphatic heterocycles.